The average molecular weight is 373 g/mol. The summed E-state index contributed by atoms with van der Waals surface area (Å²) in [5, 5.41) is 3.33. The maximum absolute atomic E-state index is 13.7. The minimum absolute atomic E-state index is 0.0170. The summed E-state index contributed by atoms with van der Waals surface area (Å²) in [7, 11) is 0. The Morgan fingerprint density at radius 1 is 0.643 bits per heavy atom. The van der Waals surface area contributed by atoms with Gasteiger partial charge in [0.05, 0.1) is 16.6 Å². The third kappa shape index (κ3) is 2.61. The van der Waals surface area contributed by atoms with Gasteiger partial charge >= 0.3 is 6.18 Å². The molecule has 1 nitrogen and oxygen atoms in total. The van der Waals surface area contributed by atoms with Crippen LogP contribution in [0.4, 0.5) is 13.2 Å². The fourth-order valence-corrected chi connectivity index (χ4v) is 3.80. The van der Waals surface area contributed by atoms with Crippen LogP contribution in [0.5, 0.6) is 0 Å². The minimum Gasteiger partial charge on any atom is -0.247 e. The van der Waals surface area contributed by atoms with Crippen molar-refractivity contribution < 1.29 is 13.2 Å². The second-order valence-corrected chi connectivity index (χ2v) is 6.77. The van der Waals surface area contributed by atoms with E-state index in [0.717, 1.165) is 33.4 Å². The summed E-state index contributed by atoms with van der Waals surface area (Å²) in [6.07, 6.45) is -4.47. The van der Waals surface area contributed by atoms with Crippen LogP contribution in [0.3, 0.4) is 0 Å². The number of fused-ring (bicyclic) bond motifs is 3. The molecular formula is C24H14F3N. The first kappa shape index (κ1) is 16.8. The maximum atomic E-state index is 13.7. The summed E-state index contributed by atoms with van der Waals surface area (Å²) in [6.45, 7) is 0. The number of pyridine rings is 1. The molecule has 0 spiro atoms. The molecule has 28 heavy (non-hydrogen) atoms. The van der Waals surface area contributed by atoms with E-state index < -0.39 is 11.7 Å². The highest BCUT2D eigenvalue weighted by Crippen LogP contribution is 2.41. The van der Waals surface area contributed by atoms with Crippen LogP contribution in [0.25, 0.3) is 43.7 Å². The molecule has 5 aromatic rings. The molecule has 4 aromatic carbocycles. The van der Waals surface area contributed by atoms with Crippen LogP contribution in [0.2, 0.25) is 0 Å². The zero-order valence-electron chi connectivity index (χ0n) is 14.7. The Morgan fingerprint density at radius 3 is 2.04 bits per heavy atom. The van der Waals surface area contributed by atoms with Crippen molar-refractivity contribution in [2.75, 3.05) is 0 Å². The average Bonchev–Trinajstić information content (AvgIpc) is 2.70. The van der Waals surface area contributed by atoms with Gasteiger partial charge in [0, 0.05) is 16.3 Å². The molecular weight excluding hydrogens is 359 g/mol. The molecule has 136 valence electrons. The van der Waals surface area contributed by atoms with E-state index in [1.54, 1.807) is 6.07 Å². The Bertz CT molecular complexity index is 1340. The molecule has 0 amide bonds. The number of hydrogen-bond acceptors (Lipinski definition) is 1. The third-order valence-electron chi connectivity index (χ3n) is 5.04. The van der Waals surface area contributed by atoms with Crippen LogP contribution in [0.15, 0.2) is 84.9 Å². The summed E-state index contributed by atoms with van der Waals surface area (Å²) in [5.41, 5.74) is 1.47. The molecule has 0 aliphatic heterocycles. The summed E-state index contributed by atoms with van der Waals surface area (Å²) >= 11 is 0. The molecule has 0 radical (unpaired) electrons. The Labute approximate surface area is 159 Å². The topological polar surface area (TPSA) is 12.9 Å². The van der Waals surface area contributed by atoms with E-state index in [4.69, 9.17) is 0 Å². The van der Waals surface area contributed by atoms with Crippen molar-refractivity contribution in [2.45, 2.75) is 6.18 Å². The van der Waals surface area contributed by atoms with E-state index in [2.05, 4.69) is 4.98 Å². The number of hydrogen-bond donors (Lipinski definition) is 0. The molecule has 0 saturated carbocycles. The molecule has 0 saturated heterocycles. The number of benzene rings is 4. The Kier molecular flexibility index (Phi) is 3.63. The zero-order chi connectivity index (χ0) is 19.3. The summed E-state index contributed by atoms with van der Waals surface area (Å²) in [4.78, 5) is 4.46. The summed E-state index contributed by atoms with van der Waals surface area (Å²) in [6, 6.07) is 25.5. The molecule has 0 fully saturated rings. The van der Waals surface area contributed by atoms with Gasteiger partial charge in [0.2, 0.25) is 0 Å². The zero-order valence-corrected chi connectivity index (χ0v) is 14.7. The fourth-order valence-electron chi connectivity index (χ4n) is 3.80. The molecule has 0 N–H and O–H groups in total. The van der Waals surface area contributed by atoms with Crippen LogP contribution in [0.1, 0.15) is 5.56 Å². The van der Waals surface area contributed by atoms with Crippen molar-refractivity contribution in [3.63, 3.8) is 0 Å². The first-order chi connectivity index (χ1) is 13.5. The number of aromatic nitrogens is 1. The van der Waals surface area contributed by atoms with E-state index in [0.29, 0.717) is 10.9 Å². The van der Waals surface area contributed by atoms with Gasteiger partial charge < -0.3 is 0 Å². The van der Waals surface area contributed by atoms with E-state index in [9.17, 15) is 13.2 Å². The Hall–Kier alpha value is -3.40. The van der Waals surface area contributed by atoms with Crippen molar-refractivity contribution in [1.29, 1.82) is 0 Å². The van der Waals surface area contributed by atoms with Crippen molar-refractivity contribution >= 4 is 32.6 Å². The lowest BCUT2D eigenvalue weighted by atomic mass is 9.93. The van der Waals surface area contributed by atoms with Gasteiger partial charge in [0.15, 0.2) is 0 Å². The van der Waals surface area contributed by atoms with Crippen molar-refractivity contribution in [3.8, 4) is 11.1 Å². The van der Waals surface area contributed by atoms with E-state index in [-0.39, 0.29) is 5.52 Å². The molecule has 4 heteroatoms. The molecule has 1 aromatic heterocycles. The van der Waals surface area contributed by atoms with E-state index in [1.165, 1.54) is 6.07 Å². The summed E-state index contributed by atoms with van der Waals surface area (Å²) < 4.78 is 41.0. The monoisotopic (exact) mass is 373 g/mol. The Balaban J connectivity index is 2.02. The van der Waals surface area contributed by atoms with Gasteiger partial charge in [-0.15, -0.1) is 0 Å². The number of para-hydroxylation sites is 1. The van der Waals surface area contributed by atoms with Crippen LogP contribution < -0.4 is 0 Å². The predicted octanol–water partition coefficient (Wildman–Crippen LogP) is 7.23. The molecule has 1 heterocycles. The first-order valence-electron chi connectivity index (χ1n) is 8.90. The lowest BCUT2D eigenvalue weighted by Gasteiger charge is -2.16. The highest BCUT2D eigenvalue weighted by molar-refractivity contribution is 6.13. The van der Waals surface area contributed by atoms with Gasteiger partial charge in [-0.05, 0) is 34.5 Å². The second kappa shape index (κ2) is 6.06. The molecule has 0 aliphatic carbocycles. The van der Waals surface area contributed by atoms with Gasteiger partial charge in [0.25, 0.3) is 0 Å². The smallest absolute Gasteiger partial charge is 0.247 e. The van der Waals surface area contributed by atoms with Crippen molar-refractivity contribution in [3.05, 3.63) is 90.5 Å². The van der Waals surface area contributed by atoms with E-state index in [1.807, 2.05) is 66.7 Å². The number of halogens is 3. The second-order valence-electron chi connectivity index (χ2n) is 6.77. The molecule has 0 atom stereocenters. The van der Waals surface area contributed by atoms with Crippen LogP contribution in [-0.2, 0) is 6.18 Å². The third-order valence-corrected chi connectivity index (χ3v) is 5.04. The Morgan fingerprint density at radius 2 is 1.32 bits per heavy atom. The van der Waals surface area contributed by atoms with Crippen LogP contribution >= 0.6 is 0 Å². The fraction of sp³-hybridized carbons (Fsp3) is 0.0417. The van der Waals surface area contributed by atoms with Gasteiger partial charge in [-0.3, -0.25) is 0 Å². The van der Waals surface area contributed by atoms with Crippen LogP contribution in [-0.4, -0.2) is 4.98 Å². The number of alkyl halides is 3. The van der Waals surface area contributed by atoms with Gasteiger partial charge in [-0.2, -0.15) is 13.2 Å². The largest absolute Gasteiger partial charge is 0.418 e. The summed E-state index contributed by atoms with van der Waals surface area (Å²) in [5.74, 6) is 0. The van der Waals surface area contributed by atoms with Gasteiger partial charge in [0.1, 0.15) is 0 Å². The lowest BCUT2D eigenvalue weighted by molar-refractivity contribution is -0.136. The number of rotatable bonds is 1. The van der Waals surface area contributed by atoms with Crippen LogP contribution in [0, 0.1) is 0 Å². The van der Waals surface area contributed by atoms with E-state index >= 15 is 0 Å². The predicted molar refractivity (Wildman–Crippen MR) is 107 cm³/mol. The standard InChI is InChI=1S/C24H14F3N/c25-24(26,27)20-12-6-11-18-22(15-7-2-1-3-8-15)19-13-16-9-4-5-10-17(16)14-21(19)28-23(18)20/h1-14H. The highest BCUT2D eigenvalue weighted by Gasteiger charge is 2.33. The molecule has 0 bridgehead atoms. The minimum atomic E-state index is -4.47. The van der Waals surface area contributed by atoms with Crippen molar-refractivity contribution in [1.82, 2.24) is 4.98 Å². The molecule has 0 unspecified atom stereocenters. The van der Waals surface area contributed by atoms with Gasteiger partial charge in [-0.1, -0.05) is 66.7 Å². The molecule has 5 rings (SSSR count). The van der Waals surface area contributed by atoms with Gasteiger partial charge in [-0.25, -0.2) is 4.98 Å². The lowest BCUT2D eigenvalue weighted by Crippen LogP contribution is -2.07. The SMILES string of the molecule is FC(F)(F)c1cccc2c(-c3ccccc3)c3cc4ccccc4cc3nc12. The number of nitrogens with zero attached hydrogens (tertiary/aromatic N) is 1. The quantitative estimate of drug-likeness (QED) is 0.283. The normalized spacial score (nSPS) is 12.1. The van der Waals surface area contributed by atoms with Crippen molar-refractivity contribution in [2.24, 2.45) is 0 Å². The first-order valence-corrected chi connectivity index (χ1v) is 8.90. The maximum Gasteiger partial charge on any atom is 0.418 e. The highest BCUT2D eigenvalue weighted by atomic mass is 19.4. The molecule has 0 aliphatic rings.